The van der Waals surface area contributed by atoms with Crippen molar-refractivity contribution < 1.29 is 14.5 Å². The van der Waals surface area contributed by atoms with Gasteiger partial charge in [-0.3, -0.25) is 19.7 Å². The zero-order valence-corrected chi connectivity index (χ0v) is 17.6. The first-order chi connectivity index (χ1) is 14.3. The van der Waals surface area contributed by atoms with E-state index in [0.717, 1.165) is 19.3 Å². The zero-order valence-electron chi connectivity index (χ0n) is 17.6. The van der Waals surface area contributed by atoms with Gasteiger partial charge >= 0.3 is 0 Å². The fourth-order valence-corrected chi connectivity index (χ4v) is 3.54. The first kappa shape index (κ1) is 21.5. The van der Waals surface area contributed by atoms with Gasteiger partial charge in [-0.2, -0.15) is 0 Å². The molecule has 1 aliphatic carbocycles. The van der Waals surface area contributed by atoms with Crippen LogP contribution in [0, 0.1) is 16.0 Å². The molecule has 0 saturated heterocycles. The fraction of sp³-hybridized carbons (Fsp3) is 0.391. The average molecular weight is 409 g/mol. The van der Waals surface area contributed by atoms with E-state index in [9.17, 15) is 19.7 Å². The minimum Gasteiger partial charge on any atom is -0.372 e. The number of nitrogens with zero attached hydrogens (tertiary/aromatic N) is 3. The van der Waals surface area contributed by atoms with Crippen molar-refractivity contribution in [2.75, 3.05) is 32.1 Å². The third kappa shape index (κ3) is 4.67. The van der Waals surface area contributed by atoms with Crippen molar-refractivity contribution in [1.29, 1.82) is 0 Å². The summed E-state index contributed by atoms with van der Waals surface area (Å²) in [7, 11) is 3.42. The van der Waals surface area contributed by atoms with Crippen LogP contribution in [0.4, 0.5) is 11.4 Å². The molecule has 3 rings (SSSR count). The third-order valence-corrected chi connectivity index (χ3v) is 5.27. The lowest BCUT2D eigenvalue weighted by Crippen LogP contribution is -2.34. The number of hydrogen-bond acceptors (Lipinski definition) is 5. The monoisotopic (exact) mass is 409 g/mol. The van der Waals surface area contributed by atoms with Gasteiger partial charge < -0.3 is 9.80 Å². The second kappa shape index (κ2) is 9.07. The summed E-state index contributed by atoms with van der Waals surface area (Å²) in [6.45, 7) is 3.37. The van der Waals surface area contributed by atoms with Gasteiger partial charge in [0.1, 0.15) is 5.69 Å². The van der Waals surface area contributed by atoms with Crippen molar-refractivity contribution in [3.63, 3.8) is 0 Å². The number of amides is 1. The smallest absolute Gasteiger partial charge is 0.293 e. The highest BCUT2D eigenvalue weighted by molar-refractivity contribution is 6.15. The van der Waals surface area contributed by atoms with E-state index >= 15 is 0 Å². The predicted octanol–water partition coefficient (Wildman–Crippen LogP) is 4.15. The summed E-state index contributed by atoms with van der Waals surface area (Å²) < 4.78 is 0. The number of carbonyl (C=O) groups excluding carboxylic acids is 2. The van der Waals surface area contributed by atoms with Gasteiger partial charge in [-0.05, 0) is 43.4 Å². The Bertz CT molecular complexity index is 967. The molecule has 0 atom stereocenters. The molecule has 0 radical (unpaired) electrons. The van der Waals surface area contributed by atoms with E-state index in [2.05, 4.69) is 0 Å². The number of carbonyl (C=O) groups is 2. The minimum absolute atomic E-state index is 0.143. The topological polar surface area (TPSA) is 83.8 Å². The molecule has 0 bridgehead atoms. The van der Waals surface area contributed by atoms with E-state index in [1.54, 1.807) is 55.4 Å². The first-order valence-electron chi connectivity index (χ1n) is 10.2. The molecule has 30 heavy (non-hydrogen) atoms. The van der Waals surface area contributed by atoms with E-state index in [4.69, 9.17) is 0 Å². The van der Waals surface area contributed by atoms with Crippen LogP contribution in [0.3, 0.4) is 0 Å². The molecule has 1 fully saturated rings. The van der Waals surface area contributed by atoms with E-state index in [1.165, 1.54) is 6.07 Å². The molecule has 1 aliphatic rings. The summed E-state index contributed by atoms with van der Waals surface area (Å²) in [4.78, 5) is 40.9. The summed E-state index contributed by atoms with van der Waals surface area (Å²) >= 11 is 0. The number of rotatable bonds is 9. The number of ketones is 1. The van der Waals surface area contributed by atoms with Gasteiger partial charge in [0.25, 0.3) is 11.6 Å². The number of nitro benzene ring substituents is 1. The summed E-state index contributed by atoms with van der Waals surface area (Å²) in [5, 5.41) is 11.5. The van der Waals surface area contributed by atoms with Crippen molar-refractivity contribution >= 4 is 23.1 Å². The van der Waals surface area contributed by atoms with Crippen LogP contribution in [0.1, 0.15) is 52.5 Å². The molecule has 2 aromatic carbocycles. The quantitative estimate of drug-likeness (QED) is 0.353. The van der Waals surface area contributed by atoms with Crippen LogP contribution in [-0.4, -0.2) is 48.7 Å². The predicted molar refractivity (Wildman–Crippen MR) is 116 cm³/mol. The van der Waals surface area contributed by atoms with Crippen LogP contribution in [0.25, 0.3) is 0 Å². The number of hydrogen-bond donors (Lipinski definition) is 0. The molecule has 0 heterocycles. The van der Waals surface area contributed by atoms with E-state index in [1.807, 2.05) is 11.8 Å². The lowest BCUT2D eigenvalue weighted by Gasteiger charge is -2.23. The molecule has 0 N–H and O–H groups in total. The van der Waals surface area contributed by atoms with Gasteiger partial charge in [-0.25, -0.2) is 0 Å². The second-order valence-corrected chi connectivity index (χ2v) is 7.92. The lowest BCUT2D eigenvalue weighted by molar-refractivity contribution is -0.384. The van der Waals surface area contributed by atoms with Gasteiger partial charge in [0.2, 0.25) is 0 Å². The Balaban J connectivity index is 1.96. The normalized spacial score (nSPS) is 13.0. The number of nitro groups is 1. The zero-order chi connectivity index (χ0) is 21.8. The SMILES string of the molecule is CCCN(CC1CC1)C(=O)c1ccccc1C(=O)c1ccc(N(C)C)c([N+](=O)[O-])c1. The van der Waals surface area contributed by atoms with Crippen LogP contribution in [0.5, 0.6) is 0 Å². The molecule has 7 nitrogen and oxygen atoms in total. The molecule has 0 aromatic heterocycles. The third-order valence-electron chi connectivity index (χ3n) is 5.27. The maximum atomic E-state index is 13.2. The molecular formula is C23H27N3O4. The maximum Gasteiger partial charge on any atom is 0.293 e. The Morgan fingerprint density at radius 1 is 1.10 bits per heavy atom. The molecular weight excluding hydrogens is 382 g/mol. The Labute approximate surface area is 176 Å². The number of benzene rings is 2. The molecule has 0 spiro atoms. The molecule has 1 saturated carbocycles. The van der Waals surface area contributed by atoms with Crippen LogP contribution < -0.4 is 4.90 Å². The summed E-state index contributed by atoms with van der Waals surface area (Å²) in [5.41, 5.74) is 1.08. The van der Waals surface area contributed by atoms with Gasteiger partial charge in [-0.1, -0.05) is 25.1 Å². The largest absolute Gasteiger partial charge is 0.372 e. The standard InChI is InChI=1S/C23H27N3O4/c1-4-13-25(15-16-9-10-16)23(28)19-8-6-5-7-18(19)22(27)17-11-12-20(24(2)3)21(14-17)26(29)30/h5-8,11-12,14,16H,4,9-10,13,15H2,1-3H3. The highest BCUT2D eigenvalue weighted by atomic mass is 16.6. The molecule has 0 aliphatic heterocycles. The number of anilines is 1. The van der Waals surface area contributed by atoms with Crippen molar-refractivity contribution in [2.45, 2.75) is 26.2 Å². The van der Waals surface area contributed by atoms with Crippen LogP contribution in [0.2, 0.25) is 0 Å². The highest BCUT2D eigenvalue weighted by Gasteiger charge is 2.29. The Morgan fingerprint density at radius 3 is 2.33 bits per heavy atom. The summed E-state index contributed by atoms with van der Waals surface area (Å²) in [6, 6.07) is 11.1. The lowest BCUT2D eigenvalue weighted by atomic mass is 9.96. The molecule has 2 aromatic rings. The Morgan fingerprint density at radius 2 is 1.77 bits per heavy atom. The fourth-order valence-electron chi connectivity index (χ4n) is 3.54. The Kier molecular flexibility index (Phi) is 6.50. The van der Waals surface area contributed by atoms with E-state index < -0.39 is 10.7 Å². The van der Waals surface area contributed by atoms with Gasteiger partial charge in [0, 0.05) is 44.4 Å². The van der Waals surface area contributed by atoms with Gasteiger partial charge in [0.15, 0.2) is 5.78 Å². The van der Waals surface area contributed by atoms with Crippen LogP contribution >= 0.6 is 0 Å². The van der Waals surface area contributed by atoms with Crippen molar-refractivity contribution in [1.82, 2.24) is 4.90 Å². The van der Waals surface area contributed by atoms with E-state index in [-0.39, 0.29) is 22.7 Å². The van der Waals surface area contributed by atoms with Gasteiger partial charge in [0.05, 0.1) is 10.5 Å². The minimum atomic E-state index is -0.498. The van der Waals surface area contributed by atoms with Crippen LogP contribution in [0.15, 0.2) is 42.5 Å². The van der Waals surface area contributed by atoms with Gasteiger partial charge in [-0.15, -0.1) is 0 Å². The Hall–Kier alpha value is -3.22. The summed E-state index contributed by atoms with van der Waals surface area (Å²) in [6.07, 6.45) is 3.11. The molecule has 0 unspecified atom stereocenters. The van der Waals surface area contributed by atoms with E-state index in [0.29, 0.717) is 30.3 Å². The van der Waals surface area contributed by atoms with Crippen molar-refractivity contribution in [3.05, 3.63) is 69.3 Å². The maximum absolute atomic E-state index is 13.2. The first-order valence-corrected chi connectivity index (χ1v) is 10.2. The van der Waals surface area contributed by atoms with Crippen molar-refractivity contribution in [3.8, 4) is 0 Å². The highest BCUT2D eigenvalue weighted by Crippen LogP contribution is 2.31. The molecule has 158 valence electrons. The average Bonchev–Trinajstić information content (AvgIpc) is 3.56. The van der Waals surface area contributed by atoms with Crippen molar-refractivity contribution in [2.24, 2.45) is 5.92 Å². The molecule has 7 heteroatoms. The second-order valence-electron chi connectivity index (χ2n) is 7.92. The molecule has 1 amide bonds. The van der Waals surface area contributed by atoms with Crippen LogP contribution in [-0.2, 0) is 0 Å². The summed E-state index contributed by atoms with van der Waals surface area (Å²) in [5.74, 6) is -0.00747.